The van der Waals surface area contributed by atoms with Crippen LogP contribution in [0.2, 0.25) is 0 Å². The molecule has 1 rings (SSSR count). The van der Waals surface area contributed by atoms with E-state index in [-0.39, 0.29) is 11.9 Å². The van der Waals surface area contributed by atoms with Crippen LogP contribution in [0.5, 0.6) is 0 Å². The van der Waals surface area contributed by atoms with E-state index in [1.807, 2.05) is 38.1 Å². The van der Waals surface area contributed by atoms with E-state index < -0.39 is 10.8 Å². The third kappa shape index (κ3) is 6.34. The summed E-state index contributed by atoms with van der Waals surface area (Å²) in [4.78, 5) is 12.4. The van der Waals surface area contributed by atoms with Gasteiger partial charge in [0.25, 0.3) is 0 Å². The van der Waals surface area contributed by atoms with Gasteiger partial charge in [-0.25, -0.2) is 0 Å². The van der Waals surface area contributed by atoms with Crippen molar-refractivity contribution < 1.29 is 9.00 Å². The molecule has 0 aromatic heterocycles. The third-order valence-electron chi connectivity index (χ3n) is 2.83. The lowest BCUT2D eigenvalue weighted by atomic mass is 10.2. The van der Waals surface area contributed by atoms with Gasteiger partial charge < -0.3 is 5.32 Å². The molecule has 0 heterocycles. The van der Waals surface area contributed by atoms with Crippen molar-refractivity contribution in [1.82, 2.24) is 5.32 Å². The standard InChI is InChI=1S/C14H20BrNO2S/c1-3-11(2)16-14(17)5-4-10-19(18)13-8-6-12(15)7-9-13/h6-9,11H,3-5,10H2,1-2H3,(H,16,17)/t11-,19+/m1/s1. The maximum Gasteiger partial charge on any atom is 0.220 e. The molecule has 1 aromatic carbocycles. The van der Waals surface area contributed by atoms with Crippen LogP contribution in [0.4, 0.5) is 0 Å². The number of halogens is 1. The molecule has 2 atom stereocenters. The van der Waals surface area contributed by atoms with Gasteiger partial charge in [-0.3, -0.25) is 9.00 Å². The van der Waals surface area contributed by atoms with E-state index in [2.05, 4.69) is 21.2 Å². The van der Waals surface area contributed by atoms with Crippen LogP contribution >= 0.6 is 15.9 Å². The van der Waals surface area contributed by atoms with Crippen molar-refractivity contribution in [3.8, 4) is 0 Å². The van der Waals surface area contributed by atoms with Crippen LogP contribution < -0.4 is 5.32 Å². The highest BCUT2D eigenvalue weighted by Crippen LogP contribution is 2.14. The summed E-state index contributed by atoms with van der Waals surface area (Å²) in [7, 11) is -1.02. The van der Waals surface area contributed by atoms with Gasteiger partial charge in [-0.05, 0) is 44.0 Å². The smallest absolute Gasteiger partial charge is 0.220 e. The van der Waals surface area contributed by atoms with Gasteiger partial charge in [0.1, 0.15) is 0 Å². The Morgan fingerprint density at radius 1 is 1.37 bits per heavy atom. The first-order valence-electron chi connectivity index (χ1n) is 6.46. The molecule has 0 fully saturated rings. The quantitative estimate of drug-likeness (QED) is 0.824. The number of benzene rings is 1. The molecule has 1 N–H and O–H groups in total. The lowest BCUT2D eigenvalue weighted by molar-refractivity contribution is -0.121. The molecule has 0 aliphatic rings. The molecule has 0 aliphatic heterocycles. The molecule has 0 saturated carbocycles. The van der Waals surface area contributed by atoms with E-state index in [4.69, 9.17) is 0 Å². The average Bonchev–Trinajstić information content (AvgIpc) is 2.39. The Morgan fingerprint density at radius 2 is 2.00 bits per heavy atom. The number of carbonyl (C=O) groups excluding carboxylic acids is 1. The zero-order valence-corrected chi connectivity index (χ0v) is 13.7. The molecule has 3 nitrogen and oxygen atoms in total. The second-order valence-corrected chi connectivity index (χ2v) is 6.97. The number of amides is 1. The summed E-state index contributed by atoms with van der Waals surface area (Å²) in [6, 6.07) is 7.66. The fourth-order valence-corrected chi connectivity index (χ4v) is 2.86. The number of nitrogens with one attached hydrogen (secondary N) is 1. The molecular weight excluding hydrogens is 326 g/mol. The molecule has 5 heteroatoms. The van der Waals surface area contributed by atoms with Gasteiger partial charge >= 0.3 is 0 Å². The van der Waals surface area contributed by atoms with E-state index in [1.54, 1.807) is 0 Å². The van der Waals surface area contributed by atoms with Crippen LogP contribution in [0.15, 0.2) is 33.6 Å². The van der Waals surface area contributed by atoms with E-state index in [9.17, 15) is 9.00 Å². The molecule has 19 heavy (non-hydrogen) atoms. The highest BCUT2D eigenvalue weighted by Gasteiger charge is 2.08. The Balaban J connectivity index is 2.31. The summed E-state index contributed by atoms with van der Waals surface area (Å²) < 4.78 is 13.0. The van der Waals surface area contributed by atoms with Crippen molar-refractivity contribution in [3.05, 3.63) is 28.7 Å². The minimum atomic E-state index is -1.02. The van der Waals surface area contributed by atoms with Gasteiger partial charge in [0.15, 0.2) is 0 Å². The van der Waals surface area contributed by atoms with Gasteiger partial charge in [0.2, 0.25) is 5.91 Å². The summed E-state index contributed by atoms with van der Waals surface area (Å²) in [6.45, 7) is 4.02. The highest BCUT2D eigenvalue weighted by atomic mass is 79.9. The summed E-state index contributed by atoms with van der Waals surface area (Å²) in [5, 5.41) is 2.91. The molecule has 0 radical (unpaired) electrons. The predicted molar refractivity (Wildman–Crippen MR) is 82.5 cm³/mol. The van der Waals surface area contributed by atoms with E-state index in [1.165, 1.54) is 0 Å². The molecule has 0 spiro atoms. The number of hydrogen-bond donors (Lipinski definition) is 1. The van der Waals surface area contributed by atoms with Crippen LogP contribution in [-0.2, 0) is 15.6 Å². The zero-order valence-electron chi connectivity index (χ0n) is 11.3. The van der Waals surface area contributed by atoms with Crippen LogP contribution in [0.1, 0.15) is 33.1 Å². The monoisotopic (exact) mass is 345 g/mol. The largest absolute Gasteiger partial charge is 0.354 e. The molecule has 0 unspecified atom stereocenters. The molecule has 0 aliphatic carbocycles. The van der Waals surface area contributed by atoms with E-state index in [0.29, 0.717) is 18.6 Å². The van der Waals surface area contributed by atoms with Gasteiger partial charge in [-0.1, -0.05) is 22.9 Å². The Hall–Kier alpha value is -0.680. The zero-order chi connectivity index (χ0) is 14.3. The minimum absolute atomic E-state index is 0.0437. The fraction of sp³-hybridized carbons (Fsp3) is 0.500. The molecular formula is C14H20BrNO2S. The first-order chi connectivity index (χ1) is 9.02. The predicted octanol–water partition coefficient (Wildman–Crippen LogP) is 3.25. The van der Waals surface area contributed by atoms with Gasteiger partial charge in [-0.2, -0.15) is 0 Å². The second-order valence-electron chi connectivity index (χ2n) is 4.48. The van der Waals surface area contributed by atoms with Crippen molar-refractivity contribution >= 4 is 32.6 Å². The maximum absolute atomic E-state index is 12.0. The maximum atomic E-state index is 12.0. The number of carbonyl (C=O) groups is 1. The summed E-state index contributed by atoms with van der Waals surface area (Å²) >= 11 is 3.34. The molecule has 1 aromatic rings. The first-order valence-corrected chi connectivity index (χ1v) is 8.57. The lowest BCUT2D eigenvalue weighted by Gasteiger charge is -2.10. The van der Waals surface area contributed by atoms with Gasteiger partial charge in [0, 0.05) is 27.6 Å². The molecule has 0 bridgehead atoms. The third-order valence-corrected chi connectivity index (χ3v) is 4.82. The van der Waals surface area contributed by atoms with Crippen LogP contribution in [0.25, 0.3) is 0 Å². The number of rotatable bonds is 7. The Labute approximate surface area is 125 Å². The molecule has 106 valence electrons. The highest BCUT2D eigenvalue weighted by molar-refractivity contribution is 9.10. The van der Waals surface area contributed by atoms with Crippen molar-refractivity contribution in [1.29, 1.82) is 0 Å². The van der Waals surface area contributed by atoms with Gasteiger partial charge in [0.05, 0.1) is 10.8 Å². The second kappa shape index (κ2) is 8.48. The summed E-state index contributed by atoms with van der Waals surface area (Å²) in [6.07, 6.45) is 2.01. The SMILES string of the molecule is CC[C@@H](C)NC(=O)CCC[S@](=O)c1ccc(Br)cc1. The van der Waals surface area contributed by atoms with E-state index in [0.717, 1.165) is 15.8 Å². The van der Waals surface area contributed by atoms with Gasteiger partial charge in [-0.15, -0.1) is 0 Å². The topological polar surface area (TPSA) is 46.2 Å². The van der Waals surface area contributed by atoms with Crippen LogP contribution in [0.3, 0.4) is 0 Å². The number of hydrogen-bond acceptors (Lipinski definition) is 2. The Bertz CT molecular complexity index is 434. The Morgan fingerprint density at radius 3 is 2.58 bits per heavy atom. The van der Waals surface area contributed by atoms with Crippen molar-refractivity contribution in [2.45, 2.75) is 44.0 Å². The minimum Gasteiger partial charge on any atom is -0.354 e. The van der Waals surface area contributed by atoms with Crippen LogP contribution in [-0.4, -0.2) is 21.9 Å². The normalized spacial score (nSPS) is 13.8. The first kappa shape index (κ1) is 16.4. The fourth-order valence-electron chi connectivity index (χ4n) is 1.52. The molecule has 1 amide bonds. The average molecular weight is 346 g/mol. The van der Waals surface area contributed by atoms with E-state index >= 15 is 0 Å². The van der Waals surface area contributed by atoms with Crippen molar-refractivity contribution in [2.75, 3.05) is 5.75 Å². The van der Waals surface area contributed by atoms with Crippen molar-refractivity contribution in [3.63, 3.8) is 0 Å². The summed E-state index contributed by atoms with van der Waals surface area (Å²) in [5.74, 6) is 0.567. The lowest BCUT2D eigenvalue weighted by Crippen LogP contribution is -2.31. The molecule has 0 saturated heterocycles. The van der Waals surface area contributed by atoms with Crippen LogP contribution in [0, 0.1) is 0 Å². The summed E-state index contributed by atoms with van der Waals surface area (Å²) in [5.41, 5.74) is 0. The Kier molecular flexibility index (Phi) is 7.31. The van der Waals surface area contributed by atoms with Crippen molar-refractivity contribution in [2.24, 2.45) is 0 Å².